The molecule has 1 aromatic rings. The van der Waals surface area contributed by atoms with E-state index in [9.17, 15) is 9.59 Å². The summed E-state index contributed by atoms with van der Waals surface area (Å²) in [7, 11) is 0. The molecule has 0 saturated carbocycles. The van der Waals surface area contributed by atoms with Gasteiger partial charge in [-0.25, -0.2) is 0 Å². The molecule has 0 N–H and O–H groups in total. The molecule has 1 saturated heterocycles. The first kappa shape index (κ1) is 17.8. The molecule has 0 aromatic heterocycles. The highest BCUT2D eigenvalue weighted by Gasteiger charge is 2.24. The number of benzene rings is 1. The topological polar surface area (TPSA) is 40.6 Å². The SMILES string of the molecule is CC(C)C(=O)N1CCN(C(=O)/C=C/c2cc(Cl)ccc2Cl)CC1. The third-order valence-corrected chi connectivity index (χ3v) is 4.34. The van der Waals surface area contributed by atoms with Crippen LogP contribution >= 0.6 is 23.2 Å². The van der Waals surface area contributed by atoms with Crippen molar-refractivity contribution in [3.63, 3.8) is 0 Å². The summed E-state index contributed by atoms with van der Waals surface area (Å²) in [5.41, 5.74) is 0.709. The molecule has 2 rings (SSSR count). The van der Waals surface area contributed by atoms with Crippen LogP contribution in [0.3, 0.4) is 0 Å². The second-order valence-corrected chi connectivity index (χ2v) is 6.65. The van der Waals surface area contributed by atoms with Gasteiger partial charge in [0.25, 0.3) is 0 Å². The van der Waals surface area contributed by atoms with Crippen LogP contribution in [0.4, 0.5) is 0 Å². The summed E-state index contributed by atoms with van der Waals surface area (Å²) in [6, 6.07) is 5.12. The predicted molar refractivity (Wildman–Crippen MR) is 93.5 cm³/mol. The van der Waals surface area contributed by atoms with Crippen molar-refractivity contribution in [2.45, 2.75) is 13.8 Å². The zero-order chi connectivity index (χ0) is 17.0. The van der Waals surface area contributed by atoms with Crippen LogP contribution in [-0.2, 0) is 9.59 Å². The van der Waals surface area contributed by atoms with E-state index >= 15 is 0 Å². The lowest BCUT2D eigenvalue weighted by molar-refractivity contribution is -0.139. The normalized spacial score (nSPS) is 15.5. The summed E-state index contributed by atoms with van der Waals surface area (Å²) in [5, 5.41) is 1.12. The Kier molecular flexibility index (Phi) is 6.08. The van der Waals surface area contributed by atoms with E-state index in [0.29, 0.717) is 41.8 Å². The first-order valence-electron chi connectivity index (χ1n) is 7.59. The number of carbonyl (C=O) groups excluding carboxylic acids is 2. The van der Waals surface area contributed by atoms with Gasteiger partial charge in [0.15, 0.2) is 0 Å². The van der Waals surface area contributed by atoms with Crippen molar-refractivity contribution in [1.29, 1.82) is 0 Å². The number of halogens is 2. The lowest BCUT2D eigenvalue weighted by Crippen LogP contribution is -2.51. The average molecular weight is 355 g/mol. The summed E-state index contributed by atoms with van der Waals surface area (Å²) in [4.78, 5) is 27.7. The van der Waals surface area contributed by atoms with Gasteiger partial charge >= 0.3 is 0 Å². The minimum absolute atomic E-state index is 0.0119. The maximum absolute atomic E-state index is 12.2. The fraction of sp³-hybridized carbons (Fsp3) is 0.412. The average Bonchev–Trinajstić information content (AvgIpc) is 2.54. The molecule has 0 bridgehead atoms. The molecule has 0 unspecified atom stereocenters. The van der Waals surface area contributed by atoms with Gasteiger partial charge in [0, 0.05) is 48.2 Å². The third kappa shape index (κ3) is 4.72. The van der Waals surface area contributed by atoms with Crippen molar-refractivity contribution in [3.8, 4) is 0 Å². The van der Waals surface area contributed by atoms with Crippen molar-refractivity contribution in [3.05, 3.63) is 39.9 Å². The van der Waals surface area contributed by atoms with Crippen molar-refractivity contribution in [1.82, 2.24) is 9.80 Å². The Balaban J connectivity index is 1.94. The molecule has 0 spiro atoms. The summed E-state index contributed by atoms with van der Waals surface area (Å²) < 4.78 is 0. The number of hydrogen-bond acceptors (Lipinski definition) is 2. The van der Waals surface area contributed by atoms with Crippen LogP contribution in [0.15, 0.2) is 24.3 Å². The predicted octanol–water partition coefficient (Wildman–Crippen LogP) is 3.33. The maximum Gasteiger partial charge on any atom is 0.246 e. The number of piperazine rings is 1. The van der Waals surface area contributed by atoms with Gasteiger partial charge in [-0.2, -0.15) is 0 Å². The number of rotatable bonds is 3. The molecule has 0 aliphatic carbocycles. The van der Waals surface area contributed by atoms with Crippen molar-refractivity contribution in [2.75, 3.05) is 26.2 Å². The Hall–Kier alpha value is -1.52. The van der Waals surface area contributed by atoms with Crippen LogP contribution < -0.4 is 0 Å². The molecule has 0 radical (unpaired) electrons. The van der Waals surface area contributed by atoms with E-state index in [2.05, 4.69) is 0 Å². The Morgan fingerprint density at radius 1 is 1.09 bits per heavy atom. The smallest absolute Gasteiger partial charge is 0.246 e. The van der Waals surface area contributed by atoms with Crippen molar-refractivity contribution >= 4 is 41.1 Å². The molecule has 1 aromatic carbocycles. The van der Waals surface area contributed by atoms with Gasteiger partial charge in [-0.05, 0) is 29.8 Å². The van der Waals surface area contributed by atoms with Crippen LogP contribution in [0.25, 0.3) is 6.08 Å². The van der Waals surface area contributed by atoms with E-state index in [1.165, 1.54) is 6.08 Å². The monoisotopic (exact) mass is 354 g/mol. The van der Waals surface area contributed by atoms with Gasteiger partial charge in [-0.1, -0.05) is 37.0 Å². The van der Waals surface area contributed by atoms with E-state index in [0.717, 1.165) is 0 Å². The molecule has 124 valence electrons. The lowest BCUT2D eigenvalue weighted by Gasteiger charge is -2.35. The second kappa shape index (κ2) is 7.84. The Morgan fingerprint density at radius 2 is 1.70 bits per heavy atom. The molecule has 23 heavy (non-hydrogen) atoms. The molecular formula is C17H20Cl2N2O2. The fourth-order valence-electron chi connectivity index (χ4n) is 2.42. The molecule has 2 amide bonds. The summed E-state index contributed by atoms with van der Waals surface area (Å²) >= 11 is 12.0. The first-order valence-corrected chi connectivity index (χ1v) is 8.35. The van der Waals surface area contributed by atoms with Crippen molar-refractivity contribution < 1.29 is 9.59 Å². The molecule has 0 atom stereocenters. The Labute approximate surface area is 146 Å². The number of nitrogens with zero attached hydrogens (tertiary/aromatic N) is 2. The zero-order valence-corrected chi connectivity index (χ0v) is 14.8. The summed E-state index contributed by atoms with van der Waals surface area (Å²) in [5.74, 6) is 0.0400. The van der Waals surface area contributed by atoms with Gasteiger partial charge in [-0.3, -0.25) is 9.59 Å². The largest absolute Gasteiger partial charge is 0.339 e. The highest BCUT2D eigenvalue weighted by Crippen LogP contribution is 2.21. The maximum atomic E-state index is 12.2. The van der Waals surface area contributed by atoms with Crippen LogP contribution in [0, 0.1) is 5.92 Å². The number of amides is 2. The van der Waals surface area contributed by atoms with Gasteiger partial charge in [0.2, 0.25) is 11.8 Å². The standard InChI is InChI=1S/C17H20Cl2N2O2/c1-12(2)17(23)21-9-7-20(8-10-21)16(22)6-3-13-11-14(18)4-5-15(13)19/h3-6,11-12H,7-10H2,1-2H3/b6-3+. The van der Waals surface area contributed by atoms with Crippen LogP contribution in [0.1, 0.15) is 19.4 Å². The van der Waals surface area contributed by atoms with Crippen LogP contribution in [-0.4, -0.2) is 47.8 Å². The van der Waals surface area contributed by atoms with Gasteiger partial charge in [0.05, 0.1) is 0 Å². The van der Waals surface area contributed by atoms with Gasteiger partial charge < -0.3 is 9.80 Å². The number of hydrogen-bond donors (Lipinski definition) is 0. The van der Waals surface area contributed by atoms with E-state index in [-0.39, 0.29) is 17.7 Å². The minimum Gasteiger partial charge on any atom is -0.339 e. The second-order valence-electron chi connectivity index (χ2n) is 5.80. The van der Waals surface area contributed by atoms with Gasteiger partial charge in [-0.15, -0.1) is 0 Å². The van der Waals surface area contributed by atoms with Crippen LogP contribution in [0.5, 0.6) is 0 Å². The van der Waals surface area contributed by atoms with Crippen LogP contribution in [0.2, 0.25) is 10.0 Å². The molecule has 1 aliphatic heterocycles. The van der Waals surface area contributed by atoms with E-state index in [4.69, 9.17) is 23.2 Å². The first-order chi connectivity index (χ1) is 10.9. The van der Waals surface area contributed by atoms with Crippen molar-refractivity contribution in [2.24, 2.45) is 5.92 Å². The quantitative estimate of drug-likeness (QED) is 0.781. The molecule has 4 nitrogen and oxygen atoms in total. The highest BCUT2D eigenvalue weighted by atomic mass is 35.5. The van der Waals surface area contributed by atoms with E-state index in [1.807, 2.05) is 18.7 Å². The third-order valence-electron chi connectivity index (χ3n) is 3.76. The lowest BCUT2D eigenvalue weighted by atomic mass is 10.1. The van der Waals surface area contributed by atoms with E-state index in [1.54, 1.807) is 29.2 Å². The molecule has 1 fully saturated rings. The minimum atomic E-state index is -0.0855. The highest BCUT2D eigenvalue weighted by molar-refractivity contribution is 6.34. The summed E-state index contributed by atoms with van der Waals surface area (Å²) in [6.07, 6.45) is 3.17. The van der Waals surface area contributed by atoms with E-state index < -0.39 is 0 Å². The summed E-state index contributed by atoms with van der Waals surface area (Å²) in [6.45, 7) is 6.02. The molecular weight excluding hydrogens is 335 g/mol. The fourth-order valence-corrected chi connectivity index (χ4v) is 2.78. The molecule has 1 aliphatic rings. The van der Waals surface area contributed by atoms with Gasteiger partial charge in [0.1, 0.15) is 0 Å². The number of carbonyl (C=O) groups is 2. The molecule has 6 heteroatoms. The Bertz CT molecular complexity index is 621. The molecule has 1 heterocycles. The zero-order valence-electron chi connectivity index (χ0n) is 13.3. The Morgan fingerprint density at radius 3 is 2.30 bits per heavy atom.